The van der Waals surface area contributed by atoms with Crippen LogP contribution in [0.1, 0.15) is 32.1 Å². The van der Waals surface area contributed by atoms with E-state index < -0.39 is 0 Å². The third kappa shape index (κ3) is 4.59. The minimum atomic E-state index is 0.0368. The average molecular weight is 340 g/mol. The molecule has 5 heteroatoms. The van der Waals surface area contributed by atoms with Gasteiger partial charge in [0, 0.05) is 44.8 Å². The minimum Gasteiger partial charge on any atom is -0.311 e. The number of hydrogen-bond donors (Lipinski definition) is 0. The third-order valence-corrected chi connectivity index (χ3v) is 5.34. The minimum absolute atomic E-state index is 0.0368. The van der Waals surface area contributed by atoms with Crippen molar-refractivity contribution in [2.45, 2.75) is 38.1 Å². The molecule has 0 radical (unpaired) electrons. The molecule has 1 atom stereocenters. The van der Waals surface area contributed by atoms with E-state index in [4.69, 9.17) is 5.26 Å². The number of nitrogens with zero attached hydrogens (tertiary/aromatic N) is 4. The highest BCUT2D eigenvalue weighted by atomic mass is 16.2. The lowest BCUT2D eigenvalue weighted by molar-refractivity contribution is -0.126. The molecular weight excluding hydrogens is 312 g/mol. The Hall–Kier alpha value is -1.90. The summed E-state index contributed by atoms with van der Waals surface area (Å²) in [5, 5.41) is 8.60. The van der Waals surface area contributed by atoms with Gasteiger partial charge in [0.2, 0.25) is 5.91 Å². The van der Waals surface area contributed by atoms with E-state index in [1.165, 1.54) is 0 Å². The summed E-state index contributed by atoms with van der Waals surface area (Å²) in [5.41, 5.74) is 1.02. The van der Waals surface area contributed by atoms with E-state index in [2.05, 4.69) is 15.9 Å². The van der Waals surface area contributed by atoms with Gasteiger partial charge in [-0.1, -0.05) is 18.2 Å². The summed E-state index contributed by atoms with van der Waals surface area (Å²) in [4.78, 5) is 19.8. The molecule has 3 rings (SSSR count). The predicted octanol–water partition coefficient (Wildman–Crippen LogP) is 2.49. The SMILES string of the molecule is N#CCCCCN1CCN([C@H]2CCCN(c3ccccc3)C2=O)CC1. The summed E-state index contributed by atoms with van der Waals surface area (Å²) in [6.07, 6.45) is 4.79. The molecule has 0 bridgehead atoms. The van der Waals surface area contributed by atoms with E-state index in [-0.39, 0.29) is 11.9 Å². The van der Waals surface area contributed by atoms with Gasteiger partial charge in [-0.05, 0) is 44.4 Å². The zero-order valence-electron chi connectivity index (χ0n) is 14.9. The second kappa shape index (κ2) is 8.98. The van der Waals surface area contributed by atoms with E-state index in [1.807, 2.05) is 35.2 Å². The molecule has 2 aliphatic heterocycles. The molecular formula is C20H28N4O. The number of amides is 1. The molecule has 2 aliphatic rings. The van der Waals surface area contributed by atoms with Crippen LogP contribution in [-0.2, 0) is 4.79 Å². The van der Waals surface area contributed by atoms with Crippen molar-refractivity contribution in [3.05, 3.63) is 30.3 Å². The maximum Gasteiger partial charge on any atom is 0.244 e. The van der Waals surface area contributed by atoms with Crippen LogP contribution >= 0.6 is 0 Å². The second-order valence-electron chi connectivity index (χ2n) is 6.98. The topological polar surface area (TPSA) is 50.6 Å². The third-order valence-electron chi connectivity index (χ3n) is 5.34. The highest BCUT2D eigenvalue weighted by Gasteiger charge is 2.35. The predicted molar refractivity (Wildman–Crippen MR) is 99.3 cm³/mol. The zero-order valence-corrected chi connectivity index (χ0v) is 14.9. The van der Waals surface area contributed by atoms with E-state index in [9.17, 15) is 4.79 Å². The number of para-hydroxylation sites is 1. The number of piperidine rings is 1. The number of rotatable bonds is 6. The Kier molecular flexibility index (Phi) is 6.43. The Bertz CT molecular complexity index is 589. The van der Waals surface area contributed by atoms with Crippen LogP contribution < -0.4 is 4.90 Å². The average Bonchev–Trinajstić information content (AvgIpc) is 2.67. The van der Waals surface area contributed by atoms with Gasteiger partial charge in [0.15, 0.2) is 0 Å². The number of anilines is 1. The fraction of sp³-hybridized carbons (Fsp3) is 0.600. The second-order valence-corrected chi connectivity index (χ2v) is 6.98. The van der Waals surface area contributed by atoms with Crippen molar-refractivity contribution in [3.8, 4) is 6.07 Å². The first kappa shape index (κ1) is 17.9. The zero-order chi connectivity index (χ0) is 17.5. The molecule has 2 heterocycles. The van der Waals surface area contributed by atoms with Gasteiger partial charge in [-0.3, -0.25) is 9.69 Å². The molecule has 0 unspecified atom stereocenters. The highest BCUT2D eigenvalue weighted by Crippen LogP contribution is 2.24. The van der Waals surface area contributed by atoms with Crippen LogP contribution in [0.5, 0.6) is 0 Å². The normalized spacial score (nSPS) is 22.8. The summed E-state index contributed by atoms with van der Waals surface area (Å²) >= 11 is 0. The van der Waals surface area contributed by atoms with Crippen molar-refractivity contribution in [3.63, 3.8) is 0 Å². The molecule has 0 N–H and O–H groups in total. The molecule has 0 spiro atoms. The Morgan fingerprint density at radius 2 is 1.80 bits per heavy atom. The Balaban J connectivity index is 1.51. The van der Waals surface area contributed by atoms with Crippen LogP contribution in [0.15, 0.2) is 30.3 Å². The lowest BCUT2D eigenvalue weighted by Crippen LogP contribution is -2.57. The Morgan fingerprint density at radius 1 is 1.04 bits per heavy atom. The molecule has 2 saturated heterocycles. The van der Waals surface area contributed by atoms with Gasteiger partial charge in [0.25, 0.3) is 0 Å². The van der Waals surface area contributed by atoms with Crippen LogP contribution in [0.3, 0.4) is 0 Å². The fourth-order valence-electron chi connectivity index (χ4n) is 3.90. The maximum atomic E-state index is 13.0. The van der Waals surface area contributed by atoms with Crippen molar-refractivity contribution < 1.29 is 4.79 Å². The largest absolute Gasteiger partial charge is 0.311 e. The van der Waals surface area contributed by atoms with Gasteiger partial charge >= 0.3 is 0 Å². The number of piperazine rings is 1. The quantitative estimate of drug-likeness (QED) is 0.747. The van der Waals surface area contributed by atoms with Crippen molar-refractivity contribution in [1.82, 2.24) is 9.80 Å². The first-order valence-corrected chi connectivity index (χ1v) is 9.49. The monoisotopic (exact) mass is 340 g/mol. The first-order chi connectivity index (χ1) is 12.3. The Labute approximate surface area is 150 Å². The maximum absolute atomic E-state index is 13.0. The first-order valence-electron chi connectivity index (χ1n) is 9.49. The molecule has 1 aromatic rings. The Morgan fingerprint density at radius 3 is 2.52 bits per heavy atom. The van der Waals surface area contributed by atoms with E-state index in [0.29, 0.717) is 6.42 Å². The van der Waals surface area contributed by atoms with Gasteiger partial charge in [0.1, 0.15) is 0 Å². The van der Waals surface area contributed by atoms with Crippen molar-refractivity contribution in [1.29, 1.82) is 5.26 Å². The molecule has 0 aromatic heterocycles. The van der Waals surface area contributed by atoms with Gasteiger partial charge in [-0.2, -0.15) is 5.26 Å². The summed E-state index contributed by atoms with van der Waals surface area (Å²) in [7, 11) is 0. The molecule has 0 aliphatic carbocycles. The molecule has 25 heavy (non-hydrogen) atoms. The van der Waals surface area contributed by atoms with E-state index in [0.717, 1.165) is 70.6 Å². The highest BCUT2D eigenvalue weighted by molar-refractivity contribution is 5.97. The van der Waals surface area contributed by atoms with Crippen molar-refractivity contribution in [2.24, 2.45) is 0 Å². The van der Waals surface area contributed by atoms with E-state index in [1.54, 1.807) is 0 Å². The molecule has 134 valence electrons. The smallest absolute Gasteiger partial charge is 0.244 e. The van der Waals surface area contributed by atoms with Crippen LogP contribution in [-0.4, -0.2) is 61.0 Å². The van der Waals surface area contributed by atoms with Crippen LogP contribution in [0.4, 0.5) is 5.69 Å². The van der Waals surface area contributed by atoms with Crippen molar-refractivity contribution >= 4 is 11.6 Å². The number of unbranched alkanes of at least 4 members (excludes halogenated alkanes) is 2. The number of nitriles is 1. The van der Waals surface area contributed by atoms with Gasteiger partial charge in [0.05, 0.1) is 12.1 Å². The number of carbonyl (C=O) groups is 1. The summed E-state index contributed by atoms with van der Waals surface area (Å²) in [5.74, 6) is 0.264. The lowest BCUT2D eigenvalue weighted by atomic mass is 10.0. The number of benzene rings is 1. The van der Waals surface area contributed by atoms with Crippen LogP contribution in [0.25, 0.3) is 0 Å². The summed E-state index contributed by atoms with van der Waals surface area (Å²) < 4.78 is 0. The molecule has 1 amide bonds. The molecule has 2 fully saturated rings. The number of carbonyl (C=O) groups excluding carboxylic acids is 1. The fourth-order valence-corrected chi connectivity index (χ4v) is 3.90. The summed E-state index contributed by atoms with van der Waals surface area (Å²) in [6, 6.07) is 12.3. The number of hydrogen-bond acceptors (Lipinski definition) is 4. The van der Waals surface area contributed by atoms with Gasteiger partial charge in [-0.25, -0.2) is 0 Å². The van der Waals surface area contributed by atoms with E-state index >= 15 is 0 Å². The molecule has 0 saturated carbocycles. The van der Waals surface area contributed by atoms with Gasteiger partial charge < -0.3 is 9.80 Å². The van der Waals surface area contributed by atoms with Crippen LogP contribution in [0, 0.1) is 11.3 Å². The standard InChI is InChI=1S/C20H28N4O/c21-11-5-2-6-12-22-14-16-23(17-15-22)19-10-7-13-24(20(19)25)18-8-3-1-4-9-18/h1,3-4,8-9,19H,2,5-7,10,12-17H2/t19-/m0/s1. The van der Waals surface area contributed by atoms with Crippen molar-refractivity contribution in [2.75, 3.05) is 44.2 Å². The summed E-state index contributed by atoms with van der Waals surface area (Å²) in [6.45, 7) is 5.90. The van der Waals surface area contributed by atoms with Crippen LogP contribution in [0.2, 0.25) is 0 Å². The molecule has 5 nitrogen and oxygen atoms in total. The molecule has 1 aromatic carbocycles. The lowest BCUT2D eigenvalue weighted by Gasteiger charge is -2.42. The van der Waals surface area contributed by atoms with Gasteiger partial charge in [-0.15, -0.1) is 0 Å².